The van der Waals surface area contributed by atoms with Crippen LogP contribution >= 0.6 is 11.3 Å². The number of halogens is 1. The van der Waals surface area contributed by atoms with E-state index in [1.807, 2.05) is 12.1 Å². The molecule has 4 heteroatoms. The molecular weight excluding hydrogens is 263 g/mol. The fourth-order valence-corrected chi connectivity index (χ4v) is 2.58. The molecule has 0 atom stereocenters. The summed E-state index contributed by atoms with van der Waals surface area (Å²) in [6.07, 6.45) is 0.926. The van der Waals surface area contributed by atoms with Crippen LogP contribution in [0.2, 0.25) is 0 Å². The highest BCUT2D eigenvalue weighted by molar-refractivity contribution is 7.14. The van der Waals surface area contributed by atoms with Gasteiger partial charge in [-0.15, -0.1) is 11.3 Å². The van der Waals surface area contributed by atoms with E-state index in [9.17, 15) is 9.18 Å². The van der Waals surface area contributed by atoms with Crippen LogP contribution in [0.5, 0.6) is 5.75 Å². The summed E-state index contributed by atoms with van der Waals surface area (Å²) in [5, 5.41) is 0. The summed E-state index contributed by atoms with van der Waals surface area (Å²) >= 11 is 1.49. The van der Waals surface area contributed by atoms with Crippen molar-refractivity contribution < 1.29 is 13.9 Å². The number of aryl methyl sites for hydroxylation is 2. The average Bonchev–Trinajstić information content (AvgIpc) is 2.86. The summed E-state index contributed by atoms with van der Waals surface area (Å²) in [6, 6.07) is 8.05. The zero-order chi connectivity index (χ0) is 13.8. The van der Waals surface area contributed by atoms with Crippen molar-refractivity contribution in [3.63, 3.8) is 0 Å². The third-order valence-electron chi connectivity index (χ3n) is 2.78. The number of carbonyl (C=O) groups is 1. The van der Waals surface area contributed by atoms with Crippen molar-refractivity contribution in [3.8, 4) is 5.75 Å². The maximum absolute atomic E-state index is 12.9. The van der Waals surface area contributed by atoms with Gasteiger partial charge in [0.2, 0.25) is 5.78 Å². The molecule has 0 radical (unpaired) electrons. The van der Waals surface area contributed by atoms with Gasteiger partial charge in [-0.3, -0.25) is 4.79 Å². The van der Waals surface area contributed by atoms with Crippen LogP contribution in [-0.4, -0.2) is 12.4 Å². The minimum Gasteiger partial charge on any atom is -0.485 e. The van der Waals surface area contributed by atoms with Crippen LogP contribution in [0.3, 0.4) is 0 Å². The molecule has 1 aromatic heterocycles. The highest BCUT2D eigenvalue weighted by Crippen LogP contribution is 2.20. The number of ketones is 1. The van der Waals surface area contributed by atoms with E-state index in [1.165, 1.54) is 28.3 Å². The highest BCUT2D eigenvalue weighted by atomic mass is 32.1. The molecule has 0 N–H and O–H groups in total. The first kappa shape index (κ1) is 13.7. The molecule has 1 heterocycles. The normalized spacial score (nSPS) is 10.5. The third-order valence-corrected chi connectivity index (χ3v) is 4.05. The number of thiophene rings is 1. The topological polar surface area (TPSA) is 26.3 Å². The Balaban J connectivity index is 2.00. The second-order valence-electron chi connectivity index (χ2n) is 4.24. The molecule has 100 valence electrons. The first-order valence-corrected chi connectivity index (χ1v) is 6.92. The zero-order valence-electron chi connectivity index (χ0n) is 10.9. The minimum absolute atomic E-state index is 0.0177. The zero-order valence-corrected chi connectivity index (χ0v) is 11.7. The van der Waals surface area contributed by atoms with Gasteiger partial charge in [-0.25, -0.2) is 4.39 Å². The molecule has 2 nitrogen and oxygen atoms in total. The van der Waals surface area contributed by atoms with E-state index >= 15 is 0 Å². The average molecular weight is 278 g/mol. The first-order valence-electron chi connectivity index (χ1n) is 6.11. The highest BCUT2D eigenvalue weighted by Gasteiger charge is 2.10. The predicted molar refractivity (Wildman–Crippen MR) is 74.7 cm³/mol. The van der Waals surface area contributed by atoms with Gasteiger partial charge < -0.3 is 4.74 Å². The van der Waals surface area contributed by atoms with Crippen molar-refractivity contribution in [2.45, 2.75) is 20.3 Å². The molecule has 0 aliphatic heterocycles. The van der Waals surface area contributed by atoms with Crippen LogP contribution in [0.1, 0.15) is 27.0 Å². The Morgan fingerprint density at radius 2 is 2.11 bits per heavy atom. The quantitative estimate of drug-likeness (QED) is 0.772. The van der Waals surface area contributed by atoms with Gasteiger partial charge >= 0.3 is 0 Å². The summed E-state index contributed by atoms with van der Waals surface area (Å²) in [5.74, 6) is 0.192. The summed E-state index contributed by atoms with van der Waals surface area (Å²) in [4.78, 5) is 13.8. The summed E-state index contributed by atoms with van der Waals surface area (Å²) in [7, 11) is 0. The number of rotatable bonds is 5. The molecule has 0 saturated carbocycles. The van der Waals surface area contributed by atoms with E-state index in [1.54, 1.807) is 13.0 Å². The number of ether oxygens (including phenoxy) is 1. The van der Waals surface area contributed by atoms with E-state index in [2.05, 4.69) is 6.92 Å². The number of hydrogen-bond donors (Lipinski definition) is 0. The standard InChI is InChI=1S/C15H15FO2S/c1-3-12-5-7-15(19-12)13(17)9-18-14-6-4-11(16)8-10(14)2/h4-8H,3,9H2,1-2H3. The van der Waals surface area contributed by atoms with Crippen molar-refractivity contribution in [1.29, 1.82) is 0 Å². The van der Waals surface area contributed by atoms with Crippen LogP contribution in [0, 0.1) is 12.7 Å². The smallest absolute Gasteiger partial charge is 0.210 e. The molecule has 1 aromatic carbocycles. The van der Waals surface area contributed by atoms with Crippen LogP contribution in [-0.2, 0) is 6.42 Å². The first-order chi connectivity index (χ1) is 9.10. The molecule has 2 aromatic rings. The van der Waals surface area contributed by atoms with E-state index < -0.39 is 0 Å². The Kier molecular flexibility index (Phi) is 4.32. The molecule has 19 heavy (non-hydrogen) atoms. The number of Topliss-reactive ketones (excluding diaryl/α,β-unsaturated/α-hetero) is 1. The van der Waals surface area contributed by atoms with Crippen LogP contribution < -0.4 is 4.74 Å². The summed E-state index contributed by atoms with van der Waals surface area (Å²) in [5.41, 5.74) is 0.688. The van der Waals surface area contributed by atoms with Gasteiger partial charge in [-0.2, -0.15) is 0 Å². The van der Waals surface area contributed by atoms with Gasteiger partial charge in [0.15, 0.2) is 6.61 Å². The summed E-state index contributed by atoms with van der Waals surface area (Å²) < 4.78 is 18.4. The van der Waals surface area contributed by atoms with E-state index in [-0.39, 0.29) is 18.2 Å². The van der Waals surface area contributed by atoms with Gasteiger partial charge in [0, 0.05) is 4.88 Å². The van der Waals surface area contributed by atoms with Crippen LogP contribution in [0.25, 0.3) is 0 Å². The Bertz CT molecular complexity index is 590. The maximum Gasteiger partial charge on any atom is 0.210 e. The summed E-state index contributed by atoms with van der Waals surface area (Å²) in [6.45, 7) is 3.79. The molecular formula is C15H15FO2S. The Labute approximate surface area is 115 Å². The number of carbonyl (C=O) groups excluding carboxylic acids is 1. The van der Waals surface area contributed by atoms with E-state index in [4.69, 9.17) is 4.74 Å². The Morgan fingerprint density at radius 1 is 1.32 bits per heavy atom. The minimum atomic E-state index is -0.304. The van der Waals surface area contributed by atoms with Gasteiger partial charge in [-0.05, 0) is 49.2 Å². The Hall–Kier alpha value is -1.68. The van der Waals surface area contributed by atoms with Crippen molar-refractivity contribution in [2.75, 3.05) is 6.61 Å². The largest absolute Gasteiger partial charge is 0.485 e. The molecule has 0 aliphatic rings. The van der Waals surface area contributed by atoms with E-state index in [0.29, 0.717) is 16.2 Å². The fraction of sp³-hybridized carbons (Fsp3) is 0.267. The lowest BCUT2D eigenvalue weighted by atomic mass is 10.2. The molecule has 0 fully saturated rings. The molecule has 0 amide bonds. The second-order valence-corrected chi connectivity index (χ2v) is 5.41. The number of hydrogen-bond acceptors (Lipinski definition) is 3. The van der Waals surface area contributed by atoms with Gasteiger partial charge in [-0.1, -0.05) is 6.92 Å². The molecule has 0 aliphatic carbocycles. The SMILES string of the molecule is CCc1ccc(C(=O)COc2ccc(F)cc2C)s1. The molecule has 0 saturated heterocycles. The van der Waals surface area contributed by atoms with Crippen molar-refractivity contribution >= 4 is 17.1 Å². The lowest BCUT2D eigenvalue weighted by Crippen LogP contribution is -2.10. The van der Waals surface area contributed by atoms with Crippen LogP contribution in [0.15, 0.2) is 30.3 Å². The Morgan fingerprint density at radius 3 is 2.74 bits per heavy atom. The monoisotopic (exact) mass is 278 g/mol. The van der Waals surface area contributed by atoms with Gasteiger partial charge in [0.05, 0.1) is 4.88 Å². The lowest BCUT2D eigenvalue weighted by molar-refractivity contribution is 0.0925. The maximum atomic E-state index is 12.9. The fourth-order valence-electron chi connectivity index (χ4n) is 1.71. The second kappa shape index (κ2) is 5.97. The third kappa shape index (κ3) is 3.41. The van der Waals surface area contributed by atoms with Crippen molar-refractivity contribution in [3.05, 3.63) is 51.5 Å². The van der Waals surface area contributed by atoms with Gasteiger partial charge in [0.25, 0.3) is 0 Å². The lowest BCUT2D eigenvalue weighted by Gasteiger charge is -2.07. The molecule has 2 rings (SSSR count). The van der Waals surface area contributed by atoms with E-state index in [0.717, 1.165) is 6.42 Å². The molecule has 0 bridgehead atoms. The molecule has 0 spiro atoms. The molecule has 0 unspecified atom stereocenters. The van der Waals surface area contributed by atoms with Gasteiger partial charge in [0.1, 0.15) is 11.6 Å². The van der Waals surface area contributed by atoms with Crippen LogP contribution in [0.4, 0.5) is 4.39 Å². The predicted octanol–water partition coefficient (Wildman–Crippen LogP) is 4.02. The number of benzene rings is 1. The van der Waals surface area contributed by atoms with Crippen molar-refractivity contribution in [2.24, 2.45) is 0 Å². The van der Waals surface area contributed by atoms with Crippen molar-refractivity contribution in [1.82, 2.24) is 0 Å².